The number of benzene rings is 1. The summed E-state index contributed by atoms with van der Waals surface area (Å²) < 4.78 is 0. The Morgan fingerprint density at radius 1 is 1.50 bits per heavy atom. The van der Waals surface area contributed by atoms with Gasteiger partial charge in [-0.3, -0.25) is 0 Å². The SMILES string of the molecule is O=C(O)c1cccc(N2CCC[C@@H](O)C2)c1Cl.[H-].[Li+]. The van der Waals surface area contributed by atoms with Crippen molar-refractivity contribution in [1.29, 1.82) is 0 Å². The molecule has 0 radical (unpaired) electrons. The van der Waals surface area contributed by atoms with Gasteiger partial charge in [-0.2, -0.15) is 0 Å². The fraction of sp³-hybridized carbons (Fsp3) is 0.417. The molecule has 6 heteroatoms. The van der Waals surface area contributed by atoms with Gasteiger partial charge in [-0.1, -0.05) is 17.7 Å². The normalized spacial score (nSPS) is 19.2. The molecule has 1 aromatic carbocycles. The number of rotatable bonds is 2. The Labute approximate surface area is 124 Å². The molecule has 0 amide bonds. The first-order valence-electron chi connectivity index (χ1n) is 5.54. The second-order valence-corrected chi connectivity index (χ2v) is 4.56. The Morgan fingerprint density at radius 3 is 2.83 bits per heavy atom. The summed E-state index contributed by atoms with van der Waals surface area (Å²) in [6.07, 6.45) is 1.30. The average molecular weight is 264 g/mol. The molecule has 94 valence electrons. The van der Waals surface area contributed by atoms with Gasteiger partial charge in [0.15, 0.2) is 0 Å². The monoisotopic (exact) mass is 263 g/mol. The van der Waals surface area contributed by atoms with Gasteiger partial charge in [0, 0.05) is 13.1 Å². The van der Waals surface area contributed by atoms with Crippen molar-refractivity contribution in [2.24, 2.45) is 0 Å². The molecule has 1 saturated heterocycles. The number of hydrogen-bond donors (Lipinski definition) is 2. The van der Waals surface area contributed by atoms with E-state index >= 15 is 0 Å². The molecule has 1 aliphatic heterocycles. The summed E-state index contributed by atoms with van der Waals surface area (Å²) in [5.74, 6) is -1.03. The van der Waals surface area contributed by atoms with E-state index in [4.69, 9.17) is 16.7 Å². The number of halogens is 1. The number of β-amino-alcohol motifs (C(OH)–C–C–N with tert-alkyl or cyclic N) is 1. The van der Waals surface area contributed by atoms with Crippen LogP contribution in [0, 0.1) is 0 Å². The summed E-state index contributed by atoms with van der Waals surface area (Å²) in [7, 11) is 0. The maximum Gasteiger partial charge on any atom is 1.00 e. The minimum Gasteiger partial charge on any atom is -1.00 e. The van der Waals surface area contributed by atoms with E-state index in [1.807, 2.05) is 4.90 Å². The van der Waals surface area contributed by atoms with Crippen molar-refractivity contribution in [3.05, 3.63) is 28.8 Å². The molecule has 18 heavy (non-hydrogen) atoms. The number of carboxylic acid groups (broad SMARTS) is 1. The molecular weight excluding hydrogens is 249 g/mol. The molecule has 0 aliphatic carbocycles. The maximum absolute atomic E-state index is 11.0. The van der Waals surface area contributed by atoms with Crippen LogP contribution in [0.1, 0.15) is 24.6 Å². The maximum atomic E-state index is 11.0. The van der Waals surface area contributed by atoms with Gasteiger partial charge < -0.3 is 16.5 Å². The van der Waals surface area contributed by atoms with Crippen molar-refractivity contribution in [3.8, 4) is 0 Å². The molecule has 1 fully saturated rings. The summed E-state index contributed by atoms with van der Waals surface area (Å²) in [6.45, 7) is 1.29. The van der Waals surface area contributed by atoms with E-state index in [1.54, 1.807) is 12.1 Å². The smallest absolute Gasteiger partial charge is 1.00 e. The second kappa shape index (κ2) is 6.49. The van der Waals surface area contributed by atoms with Gasteiger partial charge in [0.25, 0.3) is 0 Å². The zero-order valence-corrected chi connectivity index (χ0v) is 11.0. The van der Waals surface area contributed by atoms with Crippen molar-refractivity contribution in [1.82, 2.24) is 0 Å². The first kappa shape index (κ1) is 15.4. The topological polar surface area (TPSA) is 60.8 Å². The zero-order valence-electron chi connectivity index (χ0n) is 11.3. The predicted octanol–water partition coefficient (Wildman–Crippen LogP) is -0.884. The van der Waals surface area contributed by atoms with Crippen LogP contribution in [0.5, 0.6) is 0 Å². The number of anilines is 1. The number of aliphatic hydroxyl groups is 1. The van der Waals surface area contributed by atoms with Crippen LogP contribution in [0.25, 0.3) is 0 Å². The quantitative estimate of drug-likeness (QED) is 0.680. The van der Waals surface area contributed by atoms with Crippen LogP contribution in [0.3, 0.4) is 0 Å². The van der Waals surface area contributed by atoms with Crippen molar-refractivity contribution < 1.29 is 35.3 Å². The molecule has 1 aromatic rings. The number of piperidine rings is 1. The van der Waals surface area contributed by atoms with Crippen LogP contribution in [0.4, 0.5) is 5.69 Å². The van der Waals surface area contributed by atoms with Gasteiger partial charge in [-0.05, 0) is 25.0 Å². The third kappa shape index (κ3) is 3.21. The van der Waals surface area contributed by atoms with Gasteiger partial charge >= 0.3 is 24.8 Å². The minimum atomic E-state index is -1.03. The Kier molecular flexibility index (Phi) is 5.55. The molecule has 0 spiro atoms. The zero-order chi connectivity index (χ0) is 12.4. The third-order valence-electron chi connectivity index (χ3n) is 2.95. The van der Waals surface area contributed by atoms with Crippen LogP contribution in [-0.2, 0) is 0 Å². The molecule has 1 heterocycles. The van der Waals surface area contributed by atoms with Gasteiger partial charge in [0.2, 0.25) is 0 Å². The largest absolute Gasteiger partial charge is 1.00 e. The van der Waals surface area contributed by atoms with Gasteiger partial charge in [0.05, 0.1) is 22.4 Å². The molecule has 4 nitrogen and oxygen atoms in total. The van der Waals surface area contributed by atoms with Crippen molar-refractivity contribution >= 4 is 23.3 Å². The number of carbonyl (C=O) groups is 1. The summed E-state index contributed by atoms with van der Waals surface area (Å²) >= 11 is 6.08. The number of nitrogens with zero attached hydrogens (tertiary/aromatic N) is 1. The predicted molar refractivity (Wildman–Crippen MR) is 67.0 cm³/mol. The van der Waals surface area contributed by atoms with Crippen molar-refractivity contribution in [2.45, 2.75) is 18.9 Å². The van der Waals surface area contributed by atoms with Gasteiger partial charge in [-0.15, -0.1) is 0 Å². The second-order valence-electron chi connectivity index (χ2n) is 4.19. The molecule has 2 N–H and O–H groups in total. The Bertz CT molecular complexity index is 447. The fourth-order valence-corrected chi connectivity index (χ4v) is 2.43. The number of aromatic carboxylic acids is 1. The molecular formula is C12H15ClLiNO3. The first-order chi connectivity index (χ1) is 8.09. The van der Waals surface area contributed by atoms with Crippen LogP contribution >= 0.6 is 11.6 Å². The van der Waals surface area contributed by atoms with E-state index < -0.39 is 5.97 Å². The van der Waals surface area contributed by atoms with E-state index in [9.17, 15) is 9.90 Å². The van der Waals surface area contributed by atoms with Crippen LogP contribution < -0.4 is 23.8 Å². The standard InChI is InChI=1S/C12H14ClNO3.Li.H/c13-11-9(12(16)17)4-1-5-10(11)14-6-2-3-8(15)7-14;;/h1,4-5,8,15H,2-3,6-7H2,(H,16,17);;/q;+1;-1/t8-;;/m1../s1. The van der Waals surface area contributed by atoms with E-state index in [1.165, 1.54) is 6.07 Å². The molecule has 2 rings (SSSR count). The molecule has 0 aromatic heterocycles. The Balaban J connectivity index is 0.00000162. The van der Waals surface area contributed by atoms with Crippen molar-refractivity contribution in [3.63, 3.8) is 0 Å². The molecule has 0 unspecified atom stereocenters. The molecule has 0 bridgehead atoms. The van der Waals surface area contributed by atoms with E-state index in [2.05, 4.69) is 0 Å². The summed E-state index contributed by atoms with van der Waals surface area (Å²) in [4.78, 5) is 12.9. The summed E-state index contributed by atoms with van der Waals surface area (Å²) in [6, 6.07) is 4.94. The van der Waals surface area contributed by atoms with Crippen LogP contribution in [-0.4, -0.2) is 35.4 Å². The molecule has 1 atom stereocenters. The summed E-state index contributed by atoms with van der Waals surface area (Å²) in [5.41, 5.74) is 0.787. The minimum absolute atomic E-state index is 0. The number of carboxylic acids is 1. The number of hydrogen-bond acceptors (Lipinski definition) is 3. The number of aliphatic hydroxyl groups excluding tert-OH is 1. The first-order valence-corrected chi connectivity index (χ1v) is 5.92. The Hall–Kier alpha value is -0.663. The molecule has 1 aliphatic rings. The average Bonchev–Trinajstić information content (AvgIpc) is 2.29. The van der Waals surface area contributed by atoms with E-state index in [0.29, 0.717) is 12.2 Å². The Morgan fingerprint density at radius 2 is 2.22 bits per heavy atom. The van der Waals surface area contributed by atoms with Gasteiger partial charge in [0.1, 0.15) is 0 Å². The van der Waals surface area contributed by atoms with Crippen molar-refractivity contribution in [2.75, 3.05) is 18.0 Å². The fourth-order valence-electron chi connectivity index (χ4n) is 2.10. The van der Waals surface area contributed by atoms with Gasteiger partial charge in [-0.25, -0.2) is 4.79 Å². The van der Waals surface area contributed by atoms with E-state index in [0.717, 1.165) is 19.4 Å². The van der Waals surface area contributed by atoms with E-state index in [-0.39, 0.29) is 37.0 Å². The molecule has 0 saturated carbocycles. The van der Waals surface area contributed by atoms with Crippen LogP contribution in [0.2, 0.25) is 5.02 Å². The third-order valence-corrected chi connectivity index (χ3v) is 3.34. The summed E-state index contributed by atoms with van der Waals surface area (Å²) in [5, 5.41) is 18.8. The van der Waals surface area contributed by atoms with Crippen LogP contribution in [0.15, 0.2) is 18.2 Å².